The maximum atomic E-state index is 5.79. The lowest BCUT2D eigenvalue weighted by molar-refractivity contribution is 0.238. The van der Waals surface area contributed by atoms with Gasteiger partial charge in [-0.25, -0.2) is 4.98 Å². The van der Waals surface area contributed by atoms with Crippen LogP contribution < -0.4 is 5.73 Å². The number of aromatic nitrogens is 2. The van der Waals surface area contributed by atoms with E-state index in [4.69, 9.17) is 5.73 Å². The summed E-state index contributed by atoms with van der Waals surface area (Å²) in [6.07, 6.45) is 3.85. The van der Waals surface area contributed by atoms with Crippen LogP contribution in [0, 0.1) is 0 Å². The Morgan fingerprint density at radius 2 is 2.21 bits per heavy atom. The van der Waals surface area contributed by atoms with Gasteiger partial charge in [0.2, 0.25) is 0 Å². The van der Waals surface area contributed by atoms with Crippen LogP contribution in [-0.4, -0.2) is 27.0 Å². The quantitative estimate of drug-likeness (QED) is 0.705. The van der Waals surface area contributed by atoms with E-state index in [2.05, 4.69) is 9.88 Å². The normalized spacial score (nSPS) is 22.4. The van der Waals surface area contributed by atoms with Crippen molar-refractivity contribution in [2.24, 2.45) is 7.05 Å². The third-order valence-corrected chi connectivity index (χ3v) is 3.38. The molecule has 0 saturated heterocycles. The topological polar surface area (TPSA) is 47.1 Å². The summed E-state index contributed by atoms with van der Waals surface area (Å²) in [5.41, 5.74) is 8.32. The fourth-order valence-corrected chi connectivity index (χ4v) is 2.32. The number of hydrogen-bond donors (Lipinski definition) is 1. The van der Waals surface area contributed by atoms with Gasteiger partial charge in [0.05, 0.1) is 5.69 Å². The second-order valence-electron chi connectivity index (χ2n) is 4.37. The van der Waals surface area contributed by atoms with Crippen LogP contribution in [-0.2, 0) is 20.0 Å². The van der Waals surface area contributed by atoms with Crippen molar-refractivity contribution in [3.63, 3.8) is 0 Å². The van der Waals surface area contributed by atoms with Crippen molar-refractivity contribution in [2.75, 3.05) is 12.3 Å². The molecule has 2 aliphatic rings. The smallest absolute Gasteiger partial charge is 0.200 e. The lowest BCUT2D eigenvalue weighted by atomic mass is 10.1. The minimum Gasteiger partial charge on any atom is -0.369 e. The maximum Gasteiger partial charge on any atom is 0.200 e. The van der Waals surface area contributed by atoms with E-state index in [1.165, 1.54) is 30.8 Å². The van der Waals surface area contributed by atoms with Crippen LogP contribution in [0.5, 0.6) is 0 Å². The van der Waals surface area contributed by atoms with Crippen molar-refractivity contribution in [1.82, 2.24) is 14.5 Å². The summed E-state index contributed by atoms with van der Waals surface area (Å²) >= 11 is 0. The average Bonchev–Trinajstić information content (AvgIpc) is 2.96. The number of nitrogens with two attached hydrogens (primary N) is 1. The predicted molar refractivity (Wildman–Crippen MR) is 54.8 cm³/mol. The lowest BCUT2D eigenvalue weighted by Crippen LogP contribution is -2.32. The van der Waals surface area contributed by atoms with Gasteiger partial charge in [-0.15, -0.1) is 0 Å². The van der Waals surface area contributed by atoms with Gasteiger partial charge in [-0.2, -0.15) is 0 Å². The summed E-state index contributed by atoms with van der Waals surface area (Å²) in [6, 6.07) is 0.839. The first-order chi connectivity index (χ1) is 6.75. The molecule has 1 aromatic rings. The molecule has 1 aliphatic carbocycles. The first-order valence-electron chi connectivity index (χ1n) is 5.29. The summed E-state index contributed by atoms with van der Waals surface area (Å²) in [7, 11) is 2.01. The Bertz CT molecular complexity index is 364. The number of nitrogen functional groups attached to an aromatic ring is 1. The molecule has 0 unspecified atom stereocenters. The molecule has 0 spiro atoms. The predicted octanol–water partition coefficient (Wildman–Crippen LogP) is 0.523. The van der Waals surface area contributed by atoms with Crippen molar-refractivity contribution in [2.45, 2.75) is 31.8 Å². The molecule has 2 heterocycles. The molecule has 0 atom stereocenters. The van der Waals surface area contributed by atoms with Gasteiger partial charge in [0, 0.05) is 38.3 Å². The molecule has 1 saturated carbocycles. The third kappa shape index (κ3) is 1.14. The minimum atomic E-state index is 0.660. The van der Waals surface area contributed by atoms with E-state index in [1.807, 2.05) is 11.6 Å². The van der Waals surface area contributed by atoms with Crippen molar-refractivity contribution in [3.8, 4) is 0 Å². The summed E-state index contributed by atoms with van der Waals surface area (Å²) in [5.74, 6) is 0.660. The summed E-state index contributed by atoms with van der Waals surface area (Å²) < 4.78 is 2.03. The highest BCUT2D eigenvalue weighted by molar-refractivity contribution is 5.30. The average molecular weight is 192 g/mol. The van der Waals surface area contributed by atoms with Crippen molar-refractivity contribution >= 4 is 5.95 Å². The van der Waals surface area contributed by atoms with E-state index in [1.54, 1.807) is 0 Å². The zero-order valence-electron chi connectivity index (χ0n) is 8.53. The van der Waals surface area contributed by atoms with E-state index in [-0.39, 0.29) is 0 Å². The van der Waals surface area contributed by atoms with Gasteiger partial charge >= 0.3 is 0 Å². The summed E-state index contributed by atoms with van der Waals surface area (Å²) in [5, 5.41) is 0. The van der Waals surface area contributed by atoms with Gasteiger partial charge in [0.1, 0.15) is 0 Å². The van der Waals surface area contributed by atoms with E-state index in [0.717, 1.165) is 19.0 Å². The second-order valence-corrected chi connectivity index (χ2v) is 4.37. The monoisotopic (exact) mass is 192 g/mol. The Hall–Kier alpha value is -1.03. The number of hydrogen-bond acceptors (Lipinski definition) is 3. The van der Waals surface area contributed by atoms with Crippen molar-refractivity contribution in [3.05, 3.63) is 11.4 Å². The molecule has 2 N–H and O–H groups in total. The van der Waals surface area contributed by atoms with Gasteiger partial charge in [0.15, 0.2) is 5.95 Å². The largest absolute Gasteiger partial charge is 0.369 e. The highest BCUT2D eigenvalue weighted by atomic mass is 15.2. The molecule has 1 fully saturated rings. The zero-order valence-corrected chi connectivity index (χ0v) is 8.53. The highest BCUT2D eigenvalue weighted by Gasteiger charge is 2.32. The summed E-state index contributed by atoms with van der Waals surface area (Å²) in [6.45, 7) is 2.18. The molecule has 3 rings (SSSR count). The molecule has 4 heteroatoms. The first-order valence-corrected chi connectivity index (χ1v) is 5.29. The molecule has 4 nitrogen and oxygen atoms in total. The number of anilines is 1. The second kappa shape index (κ2) is 2.73. The maximum absolute atomic E-state index is 5.79. The van der Waals surface area contributed by atoms with Gasteiger partial charge in [-0.3, -0.25) is 4.90 Å². The standard InChI is InChI=1S/C10H16N4/c1-13-9-4-5-14(7-2-3-7)6-8(9)12-10(13)11/h7H,2-6H2,1H3,(H2,11,12). The molecular weight excluding hydrogens is 176 g/mol. The fraction of sp³-hybridized carbons (Fsp3) is 0.700. The fourth-order valence-electron chi connectivity index (χ4n) is 2.32. The van der Waals surface area contributed by atoms with Crippen LogP contribution in [0.2, 0.25) is 0 Å². The Morgan fingerprint density at radius 1 is 1.43 bits per heavy atom. The molecule has 0 radical (unpaired) electrons. The Kier molecular flexibility index (Phi) is 1.62. The van der Waals surface area contributed by atoms with E-state index in [9.17, 15) is 0 Å². The molecule has 14 heavy (non-hydrogen) atoms. The van der Waals surface area contributed by atoms with E-state index < -0.39 is 0 Å². The molecule has 0 amide bonds. The molecule has 0 bridgehead atoms. The van der Waals surface area contributed by atoms with Crippen molar-refractivity contribution in [1.29, 1.82) is 0 Å². The lowest BCUT2D eigenvalue weighted by Gasteiger charge is -2.26. The van der Waals surface area contributed by atoms with Crippen LogP contribution in [0.4, 0.5) is 5.95 Å². The SMILES string of the molecule is Cn1c(N)nc2c1CCN(C1CC1)C2. The van der Waals surface area contributed by atoms with Gasteiger partial charge < -0.3 is 10.3 Å². The molecular formula is C10H16N4. The minimum absolute atomic E-state index is 0.660. The van der Waals surface area contributed by atoms with Crippen LogP contribution in [0.25, 0.3) is 0 Å². The van der Waals surface area contributed by atoms with Crippen LogP contribution >= 0.6 is 0 Å². The number of fused-ring (bicyclic) bond motifs is 1. The van der Waals surface area contributed by atoms with E-state index >= 15 is 0 Å². The van der Waals surface area contributed by atoms with Gasteiger partial charge in [0.25, 0.3) is 0 Å². The summed E-state index contributed by atoms with van der Waals surface area (Å²) in [4.78, 5) is 6.95. The zero-order chi connectivity index (χ0) is 9.71. The van der Waals surface area contributed by atoms with Crippen LogP contribution in [0.3, 0.4) is 0 Å². The molecule has 1 aromatic heterocycles. The number of imidazole rings is 1. The number of nitrogens with zero attached hydrogens (tertiary/aromatic N) is 3. The Labute approximate surface area is 83.7 Å². The van der Waals surface area contributed by atoms with Gasteiger partial charge in [-0.1, -0.05) is 0 Å². The van der Waals surface area contributed by atoms with Gasteiger partial charge in [-0.05, 0) is 12.8 Å². The Balaban J connectivity index is 1.90. The van der Waals surface area contributed by atoms with Crippen molar-refractivity contribution < 1.29 is 0 Å². The first kappa shape index (κ1) is 8.29. The number of rotatable bonds is 1. The Morgan fingerprint density at radius 3 is 2.93 bits per heavy atom. The third-order valence-electron chi connectivity index (χ3n) is 3.38. The van der Waals surface area contributed by atoms with Crippen LogP contribution in [0.15, 0.2) is 0 Å². The molecule has 1 aliphatic heterocycles. The van der Waals surface area contributed by atoms with E-state index in [0.29, 0.717) is 5.95 Å². The molecule has 76 valence electrons. The molecule has 0 aromatic carbocycles. The highest BCUT2D eigenvalue weighted by Crippen LogP contribution is 2.31. The van der Waals surface area contributed by atoms with Crippen LogP contribution in [0.1, 0.15) is 24.2 Å².